The Morgan fingerprint density at radius 2 is 1.55 bits per heavy atom. The molecule has 0 aliphatic rings. The molecule has 0 spiro atoms. The summed E-state index contributed by atoms with van der Waals surface area (Å²) in [6, 6.07) is 10.3. The van der Waals surface area contributed by atoms with Crippen LogP contribution in [0, 0.1) is 0 Å². The Morgan fingerprint density at radius 3 is 1.95 bits per heavy atom. The highest BCUT2D eigenvalue weighted by Gasteiger charge is 2.28. The molecule has 0 unspecified atom stereocenters. The first-order valence-electron chi connectivity index (χ1n) is 7.12. The minimum Gasteiger partial charge on any atom is -0.551 e. The van der Waals surface area contributed by atoms with Crippen molar-refractivity contribution < 1.29 is 9.16 Å². The molecule has 0 N–H and O–H groups in total. The molecule has 4 heteroatoms. The van der Waals surface area contributed by atoms with Gasteiger partial charge >= 0.3 is 0 Å². The second-order valence-electron chi connectivity index (χ2n) is 7.06. The molecule has 0 amide bonds. The summed E-state index contributed by atoms with van der Waals surface area (Å²) in [5.41, 5.74) is 1.17. The third-order valence-corrected chi connectivity index (χ3v) is 5.62. The van der Waals surface area contributed by atoms with Crippen molar-refractivity contribution in [2.75, 3.05) is 7.11 Å². The quantitative estimate of drug-likeness (QED) is 0.544. The third kappa shape index (κ3) is 5.65. The largest absolute Gasteiger partial charge is 0.551 e. The molecule has 112 valence electrons. The minimum absolute atomic E-state index is 0.0331. The molecular formula is C16H28O2Si2. The highest BCUT2D eigenvalue weighted by Crippen LogP contribution is 2.26. The Labute approximate surface area is 126 Å². The van der Waals surface area contributed by atoms with Crippen molar-refractivity contribution in [3.8, 4) is 0 Å². The highest BCUT2D eigenvalue weighted by atomic mass is 28.4. The van der Waals surface area contributed by atoms with E-state index in [1.54, 1.807) is 7.11 Å². The lowest BCUT2D eigenvalue weighted by atomic mass is 10.1. The Hall–Kier alpha value is -0.846. The molecule has 0 bridgehead atoms. The second-order valence-corrected chi connectivity index (χ2v) is 16.5. The van der Waals surface area contributed by atoms with Crippen LogP contribution in [-0.4, -0.2) is 23.5 Å². The number of ether oxygens (including phenoxy) is 1. The Kier molecular flexibility index (Phi) is 5.80. The Morgan fingerprint density at radius 1 is 1.00 bits per heavy atom. The van der Waals surface area contributed by atoms with E-state index in [2.05, 4.69) is 57.5 Å². The standard InChI is InChI=1S/C16H28O2Si2/c1-17-15(14-11-9-8-10-12-14)13-16(19(2,3)4)18-20(5,6)7/h8-13,15H,1-7H3/b16-13-/t15-/m0/s1. The van der Waals surface area contributed by atoms with E-state index < -0.39 is 16.4 Å². The maximum Gasteiger partial charge on any atom is 0.241 e. The lowest BCUT2D eigenvalue weighted by molar-refractivity contribution is 0.140. The van der Waals surface area contributed by atoms with Gasteiger partial charge in [-0.05, 0) is 31.3 Å². The molecule has 0 fully saturated rings. The molecule has 20 heavy (non-hydrogen) atoms. The molecule has 0 saturated heterocycles. The van der Waals surface area contributed by atoms with E-state index in [4.69, 9.17) is 9.16 Å². The number of methoxy groups -OCH3 is 1. The molecular weight excluding hydrogens is 280 g/mol. The average molecular weight is 309 g/mol. The average Bonchev–Trinajstić information content (AvgIpc) is 2.32. The van der Waals surface area contributed by atoms with Gasteiger partial charge in [0.15, 0.2) is 0 Å². The molecule has 1 atom stereocenters. The van der Waals surface area contributed by atoms with E-state index in [1.165, 1.54) is 5.56 Å². The summed E-state index contributed by atoms with van der Waals surface area (Å²) in [6.07, 6.45) is 2.15. The van der Waals surface area contributed by atoms with E-state index in [-0.39, 0.29) is 6.10 Å². The molecule has 1 rings (SSSR count). The van der Waals surface area contributed by atoms with Crippen molar-refractivity contribution in [2.24, 2.45) is 0 Å². The van der Waals surface area contributed by atoms with E-state index in [0.29, 0.717) is 0 Å². The summed E-state index contributed by atoms with van der Waals surface area (Å²) in [4.78, 5) is 0. The molecule has 0 aliphatic carbocycles. The fraction of sp³-hybridized carbons (Fsp3) is 0.500. The summed E-state index contributed by atoms with van der Waals surface area (Å²) in [5, 5.41) is 1.16. The predicted molar refractivity (Wildman–Crippen MR) is 92.1 cm³/mol. The van der Waals surface area contributed by atoms with Crippen LogP contribution in [0.1, 0.15) is 11.7 Å². The predicted octanol–water partition coefficient (Wildman–Crippen LogP) is 4.99. The molecule has 0 saturated carbocycles. The normalized spacial score (nSPS) is 15.1. The van der Waals surface area contributed by atoms with Gasteiger partial charge in [0.1, 0.15) is 14.2 Å². The number of rotatable bonds is 6. The minimum atomic E-state index is -1.60. The van der Waals surface area contributed by atoms with E-state index in [9.17, 15) is 0 Å². The smallest absolute Gasteiger partial charge is 0.241 e. The first kappa shape index (κ1) is 17.2. The van der Waals surface area contributed by atoms with Gasteiger partial charge in [0.05, 0.1) is 5.38 Å². The van der Waals surface area contributed by atoms with Gasteiger partial charge in [-0.15, -0.1) is 0 Å². The SMILES string of the molecule is CO[C@@H](/C=C(/O[Si](C)(C)C)[Si](C)(C)C)c1ccccc1. The number of hydrogen-bond acceptors (Lipinski definition) is 2. The maximum atomic E-state index is 6.34. The number of benzene rings is 1. The van der Waals surface area contributed by atoms with Crippen molar-refractivity contribution in [3.05, 3.63) is 47.4 Å². The van der Waals surface area contributed by atoms with Crippen LogP contribution in [0.5, 0.6) is 0 Å². The van der Waals surface area contributed by atoms with E-state index in [1.807, 2.05) is 18.2 Å². The molecule has 1 aromatic rings. The monoisotopic (exact) mass is 308 g/mol. The van der Waals surface area contributed by atoms with Crippen LogP contribution in [-0.2, 0) is 9.16 Å². The van der Waals surface area contributed by atoms with Crippen molar-refractivity contribution >= 4 is 16.4 Å². The van der Waals surface area contributed by atoms with Gasteiger partial charge in [0, 0.05) is 7.11 Å². The molecule has 0 aromatic heterocycles. The van der Waals surface area contributed by atoms with Gasteiger partial charge in [-0.2, -0.15) is 0 Å². The van der Waals surface area contributed by atoms with Crippen molar-refractivity contribution in [2.45, 2.75) is 45.4 Å². The summed E-state index contributed by atoms with van der Waals surface area (Å²) in [7, 11) is -1.36. The zero-order valence-electron chi connectivity index (χ0n) is 13.9. The molecule has 2 nitrogen and oxygen atoms in total. The van der Waals surface area contributed by atoms with Gasteiger partial charge in [0.2, 0.25) is 8.32 Å². The van der Waals surface area contributed by atoms with Crippen LogP contribution in [0.2, 0.25) is 39.3 Å². The van der Waals surface area contributed by atoms with Gasteiger partial charge < -0.3 is 9.16 Å². The van der Waals surface area contributed by atoms with Crippen LogP contribution >= 0.6 is 0 Å². The first-order chi connectivity index (χ1) is 9.13. The fourth-order valence-electron chi connectivity index (χ4n) is 1.85. The van der Waals surface area contributed by atoms with Crippen molar-refractivity contribution in [1.29, 1.82) is 0 Å². The molecule has 1 aromatic carbocycles. The zero-order chi connectivity index (χ0) is 15.4. The van der Waals surface area contributed by atoms with Crippen LogP contribution in [0.25, 0.3) is 0 Å². The Bertz CT molecular complexity index is 442. The lowest BCUT2D eigenvalue weighted by Crippen LogP contribution is -2.35. The van der Waals surface area contributed by atoms with Crippen LogP contribution in [0.15, 0.2) is 41.8 Å². The molecule has 0 aliphatic heterocycles. The lowest BCUT2D eigenvalue weighted by Gasteiger charge is -2.30. The fourth-order valence-corrected chi connectivity index (χ4v) is 5.37. The Balaban J connectivity index is 3.10. The topological polar surface area (TPSA) is 18.5 Å². The third-order valence-electron chi connectivity index (χ3n) is 2.84. The van der Waals surface area contributed by atoms with E-state index >= 15 is 0 Å². The summed E-state index contributed by atoms with van der Waals surface area (Å²) < 4.78 is 12.0. The van der Waals surface area contributed by atoms with Gasteiger partial charge in [-0.3, -0.25) is 0 Å². The highest BCUT2D eigenvalue weighted by molar-refractivity contribution is 6.84. The van der Waals surface area contributed by atoms with Crippen molar-refractivity contribution in [3.63, 3.8) is 0 Å². The van der Waals surface area contributed by atoms with Gasteiger partial charge in [0.25, 0.3) is 0 Å². The summed E-state index contributed by atoms with van der Waals surface area (Å²) in [5.74, 6) is 0. The summed E-state index contributed by atoms with van der Waals surface area (Å²) in [6.45, 7) is 13.6. The number of hydrogen-bond donors (Lipinski definition) is 0. The van der Waals surface area contributed by atoms with E-state index in [0.717, 1.165) is 5.38 Å². The molecule has 0 heterocycles. The van der Waals surface area contributed by atoms with Crippen LogP contribution in [0.3, 0.4) is 0 Å². The van der Waals surface area contributed by atoms with Gasteiger partial charge in [-0.25, -0.2) is 0 Å². The molecule has 0 radical (unpaired) electrons. The van der Waals surface area contributed by atoms with Crippen LogP contribution in [0.4, 0.5) is 0 Å². The zero-order valence-corrected chi connectivity index (χ0v) is 15.9. The van der Waals surface area contributed by atoms with Crippen molar-refractivity contribution in [1.82, 2.24) is 0 Å². The summed E-state index contributed by atoms with van der Waals surface area (Å²) >= 11 is 0. The second kappa shape index (κ2) is 6.74. The maximum absolute atomic E-state index is 6.34. The van der Waals surface area contributed by atoms with Gasteiger partial charge in [-0.1, -0.05) is 50.0 Å². The first-order valence-corrected chi connectivity index (χ1v) is 14.0. The van der Waals surface area contributed by atoms with Crippen LogP contribution < -0.4 is 0 Å².